The summed E-state index contributed by atoms with van der Waals surface area (Å²) < 4.78 is 15.4. The molecule has 8 heteroatoms. The number of methoxy groups -OCH3 is 1. The summed E-state index contributed by atoms with van der Waals surface area (Å²) in [4.78, 5) is 31.5. The van der Waals surface area contributed by atoms with Gasteiger partial charge in [0.25, 0.3) is 0 Å². The molecule has 26 heavy (non-hydrogen) atoms. The number of benzene rings is 1. The topological polar surface area (TPSA) is 87.1 Å². The van der Waals surface area contributed by atoms with Gasteiger partial charge in [0.2, 0.25) is 5.90 Å². The minimum Gasteiger partial charge on any atom is -0.493 e. The molecule has 2 aromatic rings. The Kier molecular flexibility index (Phi) is 4.99. The van der Waals surface area contributed by atoms with Crippen LogP contribution in [0.4, 0.5) is 0 Å². The molecule has 0 radical (unpaired) electrons. The average molecular weight is 373 g/mol. The van der Waals surface area contributed by atoms with Crippen molar-refractivity contribution in [1.82, 2.24) is 4.98 Å². The zero-order valence-electron chi connectivity index (χ0n) is 13.9. The van der Waals surface area contributed by atoms with Crippen molar-refractivity contribution >= 4 is 35.5 Å². The first-order chi connectivity index (χ1) is 12.5. The van der Waals surface area contributed by atoms with Crippen LogP contribution in [0.2, 0.25) is 5.02 Å². The number of nitrogens with zero attached hydrogens (tertiary/aromatic N) is 2. The first-order valence-electron chi connectivity index (χ1n) is 7.47. The van der Waals surface area contributed by atoms with Gasteiger partial charge in [-0.3, -0.25) is 9.78 Å². The zero-order chi connectivity index (χ0) is 18.7. The van der Waals surface area contributed by atoms with Crippen LogP contribution in [0.15, 0.2) is 47.2 Å². The molecule has 0 aliphatic carbocycles. The van der Waals surface area contributed by atoms with Crippen molar-refractivity contribution < 1.29 is 23.8 Å². The molecule has 1 aliphatic heterocycles. The number of esters is 2. The van der Waals surface area contributed by atoms with E-state index in [0.29, 0.717) is 22.0 Å². The molecule has 132 valence electrons. The van der Waals surface area contributed by atoms with E-state index in [0.717, 1.165) is 0 Å². The average Bonchev–Trinajstić information content (AvgIpc) is 2.95. The Balaban J connectivity index is 1.94. The molecule has 0 amide bonds. The third kappa shape index (κ3) is 3.89. The van der Waals surface area contributed by atoms with E-state index >= 15 is 0 Å². The molecule has 1 aliphatic rings. The number of pyridine rings is 1. The predicted octanol–water partition coefficient (Wildman–Crippen LogP) is 3.01. The monoisotopic (exact) mass is 372 g/mol. The quantitative estimate of drug-likeness (QED) is 0.466. The predicted molar refractivity (Wildman–Crippen MR) is 94.2 cm³/mol. The minimum absolute atomic E-state index is 0.0671. The summed E-state index contributed by atoms with van der Waals surface area (Å²) in [5.41, 5.74) is 1.02. The molecule has 0 N–H and O–H groups in total. The lowest BCUT2D eigenvalue weighted by Crippen LogP contribution is -2.07. The Hall–Kier alpha value is -3.19. The van der Waals surface area contributed by atoms with Gasteiger partial charge in [-0.25, -0.2) is 9.79 Å². The Morgan fingerprint density at radius 2 is 2.04 bits per heavy atom. The fourth-order valence-corrected chi connectivity index (χ4v) is 2.38. The maximum absolute atomic E-state index is 12.1. The number of hydrogen-bond acceptors (Lipinski definition) is 7. The smallest absolute Gasteiger partial charge is 0.363 e. The van der Waals surface area contributed by atoms with Gasteiger partial charge in [0.1, 0.15) is 5.69 Å². The lowest BCUT2D eigenvalue weighted by atomic mass is 10.1. The molecule has 7 nitrogen and oxygen atoms in total. The molecule has 0 bridgehead atoms. The zero-order valence-corrected chi connectivity index (χ0v) is 14.6. The Bertz CT molecular complexity index is 952. The van der Waals surface area contributed by atoms with Crippen LogP contribution in [-0.2, 0) is 14.3 Å². The number of rotatable bonds is 4. The maximum atomic E-state index is 12.1. The lowest BCUT2D eigenvalue weighted by molar-refractivity contribution is -0.132. The van der Waals surface area contributed by atoms with Gasteiger partial charge in [0, 0.05) is 18.1 Å². The van der Waals surface area contributed by atoms with E-state index in [4.69, 9.17) is 25.8 Å². The third-order valence-electron chi connectivity index (χ3n) is 3.31. The van der Waals surface area contributed by atoms with Crippen molar-refractivity contribution in [3.8, 4) is 11.5 Å². The first kappa shape index (κ1) is 17.6. The molecule has 1 aromatic carbocycles. The van der Waals surface area contributed by atoms with Gasteiger partial charge in [-0.05, 0) is 35.9 Å². The van der Waals surface area contributed by atoms with Crippen LogP contribution in [-0.4, -0.2) is 29.9 Å². The summed E-state index contributed by atoms with van der Waals surface area (Å²) in [6, 6.07) is 8.02. The molecule has 1 aromatic heterocycles. The fourth-order valence-electron chi connectivity index (χ4n) is 2.22. The maximum Gasteiger partial charge on any atom is 0.363 e. The third-order valence-corrected chi connectivity index (χ3v) is 3.54. The Morgan fingerprint density at radius 1 is 1.23 bits per heavy atom. The second-order valence-electron chi connectivity index (χ2n) is 5.20. The SMILES string of the molecule is COc1ccc(/C=C2\N=C(c3cc(Cl)ccn3)OC2=O)cc1OC(C)=O. The highest BCUT2D eigenvalue weighted by molar-refractivity contribution is 6.31. The molecule has 0 fully saturated rings. The number of cyclic esters (lactones) is 1. The van der Waals surface area contributed by atoms with Gasteiger partial charge in [-0.2, -0.15) is 0 Å². The van der Waals surface area contributed by atoms with E-state index < -0.39 is 11.9 Å². The molecular formula is C18H13ClN2O5. The number of ether oxygens (including phenoxy) is 3. The number of aliphatic imine (C=N–C) groups is 1. The van der Waals surface area contributed by atoms with Crippen molar-refractivity contribution in [2.75, 3.05) is 7.11 Å². The van der Waals surface area contributed by atoms with Crippen LogP contribution in [0.5, 0.6) is 11.5 Å². The summed E-state index contributed by atoms with van der Waals surface area (Å²) in [6.45, 7) is 1.29. The highest BCUT2D eigenvalue weighted by Crippen LogP contribution is 2.30. The Labute approximate surface area is 153 Å². The minimum atomic E-state index is -0.619. The van der Waals surface area contributed by atoms with Crippen LogP contribution in [0.25, 0.3) is 6.08 Å². The van der Waals surface area contributed by atoms with Crippen LogP contribution < -0.4 is 9.47 Å². The number of carbonyl (C=O) groups is 2. The molecule has 0 atom stereocenters. The standard InChI is InChI=1S/C18H13ClN2O5/c1-10(22)25-16-8-11(3-4-15(16)24-2)7-14-18(23)26-17(21-14)13-9-12(19)5-6-20-13/h3-9H,1-2H3/b14-7-. The van der Waals surface area contributed by atoms with Crippen LogP contribution in [0.1, 0.15) is 18.2 Å². The van der Waals surface area contributed by atoms with Crippen molar-refractivity contribution in [3.63, 3.8) is 0 Å². The molecular weight excluding hydrogens is 360 g/mol. The van der Waals surface area contributed by atoms with Gasteiger partial charge in [0.15, 0.2) is 17.2 Å². The van der Waals surface area contributed by atoms with Crippen LogP contribution >= 0.6 is 11.6 Å². The highest BCUT2D eigenvalue weighted by Gasteiger charge is 2.25. The number of hydrogen-bond donors (Lipinski definition) is 0. The van der Waals surface area contributed by atoms with Gasteiger partial charge in [0.05, 0.1) is 7.11 Å². The highest BCUT2D eigenvalue weighted by atomic mass is 35.5. The molecule has 0 spiro atoms. The van der Waals surface area contributed by atoms with Crippen molar-refractivity contribution in [3.05, 3.63) is 58.5 Å². The van der Waals surface area contributed by atoms with E-state index in [1.54, 1.807) is 30.3 Å². The van der Waals surface area contributed by atoms with Crippen molar-refractivity contribution in [2.45, 2.75) is 6.92 Å². The van der Waals surface area contributed by atoms with E-state index in [2.05, 4.69) is 9.98 Å². The second kappa shape index (κ2) is 7.37. The molecule has 0 saturated carbocycles. The van der Waals surface area contributed by atoms with Crippen molar-refractivity contribution in [2.24, 2.45) is 4.99 Å². The summed E-state index contributed by atoms with van der Waals surface area (Å²) in [5, 5.41) is 0.451. The van der Waals surface area contributed by atoms with Crippen LogP contribution in [0.3, 0.4) is 0 Å². The van der Waals surface area contributed by atoms with E-state index in [1.165, 1.54) is 26.3 Å². The van der Waals surface area contributed by atoms with Gasteiger partial charge < -0.3 is 14.2 Å². The van der Waals surface area contributed by atoms with E-state index in [-0.39, 0.29) is 17.3 Å². The normalized spacial score (nSPS) is 14.8. The summed E-state index contributed by atoms with van der Waals surface area (Å²) >= 11 is 5.91. The fraction of sp³-hybridized carbons (Fsp3) is 0.111. The second-order valence-corrected chi connectivity index (χ2v) is 5.64. The van der Waals surface area contributed by atoms with Crippen LogP contribution in [0, 0.1) is 0 Å². The number of carbonyl (C=O) groups excluding carboxylic acids is 2. The number of halogens is 1. The Morgan fingerprint density at radius 3 is 2.73 bits per heavy atom. The van der Waals surface area contributed by atoms with Crippen molar-refractivity contribution in [1.29, 1.82) is 0 Å². The lowest BCUT2D eigenvalue weighted by Gasteiger charge is -2.08. The van der Waals surface area contributed by atoms with E-state index in [9.17, 15) is 9.59 Å². The summed E-state index contributed by atoms with van der Waals surface area (Å²) in [7, 11) is 1.46. The van der Waals surface area contributed by atoms with E-state index in [1.807, 2.05) is 0 Å². The summed E-state index contributed by atoms with van der Waals surface area (Å²) in [5.74, 6) is -0.407. The summed E-state index contributed by atoms with van der Waals surface area (Å²) in [6.07, 6.45) is 3.00. The largest absolute Gasteiger partial charge is 0.493 e. The van der Waals surface area contributed by atoms with Gasteiger partial charge in [-0.1, -0.05) is 17.7 Å². The molecule has 0 unspecified atom stereocenters. The first-order valence-corrected chi connectivity index (χ1v) is 7.85. The molecule has 3 rings (SSSR count). The number of aromatic nitrogens is 1. The molecule has 0 saturated heterocycles. The molecule has 2 heterocycles. The van der Waals surface area contributed by atoms with Gasteiger partial charge >= 0.3 is 11.9 Å². The van der Waals surface area contributed by atoms with Gasteiger partial charge in [-0.15, -0.1) is 0 Å².